The summed E-state index contributed by atoms with van der Waals surface area (Å²) in [5.74, 6) is -0.106. The van der Waals surface area contributed by atoms with Gasteiger partial charge in [-0.3, -0.25) is 14.9 Å². The minimum absolute atomic E-state index is 0.252. The number of rotatable bonds is 2. The van der Waals surface area contributed by atoms with Crippen LogP contribution in [0.5, 0.6) is 5.75 Å². The zero-order valence-electron chi connectivity index (χ0n) is 8.60. The first kappa shape index (κ1) is 10.7. The smallest absolute Gasteiger partial charge is 0.267 e. The molecule has 1 atom stereocenters. The maximum atomic E-state index is 11.4. The Morgan fingerprint density at radius 1 is 1.38 bits per heavy atom. The highest BCUT2D eigenvalue weighted by molar-refractivity contribution is 6.32. The zero-order chi connectivity index (χ0) is 11.5. The molecule has 16 heavy (non-hydrogen) atoms. The lowest BCUT2D eigenvalue weighted by Gasteiger charge is -2.22. The predicted octanol–water partition coefficient (Wildman–Crippen LogP) is -0.336. The van der Waals surface area contributed by atoms with Crippen molar-refractivity contribution in [2.75, 3.05) is 0 Å². The van der Waals surface area contributed by atoms with Crippen molar-refractivity contribution in [2.45, 2.75) is 18.9 Å². The Morgan fingerprint density at radius 3 is 2.88 bits per heavy atom. The zero-order valence-corrected chi connectivity index (χ0v) is 8.60. The van der Waals surface area contributed by atoms with Crippen molar-refractivity contribution >= 4 is 25.1 Å². The molecule has 2 rings (SSSR count). The van der Waals surface area contributed by atoms with Gasteiger partial charge in [-0.05, 0) is 12.1 Å². The van der Waals surface area contributed by atoms with E-state index in [1.807, 2.05) is 0 Å². The highest BCUT2D eigenvalue weighted by Gasteiger charge is 2.27. The summed E-state index contributed by atoms with van der Waals surface area (Å²) in [6.07, 6.45) is 0.0950. The van der Waals surface area contributed by atoms with Gasteiger partial charge in [0.25, 0.3) is 5.91 Å². The molecular weight excluding hydrogens is 205 g/mol. The molecule has 1 aromatic carbocycles. The van der Waals surface area contributed by atoms with Crippen molar-refractivity contribution in [1.29, 1.82) is 0 Å². The normalized spacial score (nSPS) is 20.4. The van der Waals surface area contributed by atoms with E-state index in [2.05, 4.69) is 5.32 Å². The lowest BCUT2D eigenvalue weighted by Crippen LogP contribution is -2.46. The molecular formula is C11H10BNO3. The van der Waals surface area contributed by atoms with Crippen molar-refractivity contribution in [3.05, 3.63) is 24.3 Å². The lowest BCUT2D eigenvalue weighted by atomic mass is 9.96. The first-order valence-corrected chi connectivity index (χ1v) is 5.01. The third kappa shape index (κ3) is 2.42. The molecule has 1 heterocycles. The molecule has 1 aliphatic heterocycles. The molecule has 1 saturated heterocycles. The summed E-state index contributed by atoms with van der Waals surface area (Å²) in [7, 11) is 5.59. The Bertz CT molecular complexity index is 433. The van der Waals surface area contributed by atoms with Gasteiger partial charge < -0.3 is 4.74 Å². The molecule has 1 fully saturated rings. The minimum atomic E-state index is -0.612. The number of carbonyl (C=O) groups excluding carboxylic acids is 2. The van der Waals surface area contributed by atoms with Gasteiger partial charge in [0.1, 0.15) is 13.6 Å². The molecule has 5 heteroatoms. The third-order valence-electron chi connectivity index (χ3n) is 2.33. The number of imide groups is 1. The van der Waals surface area contributed by atoms with E-state index in [9.17, 15) is 9.59 Å². The van der Waals surface area contributed by atoms with Crippen LogP contribution < -0.4 is 15.5 Å². The molecule has 1 aliphatic rings. The molecule has 0 saturated carbocycles. The minimum Gasteiger partial charge on any atom is -0.481 e. The van der Waals surface area contributed by atoms with Gasteiger partial charge in [0, 0.05) is 12.8 Å². The Hall–Kier alpha value is -1.78. The van der Waals surface area contributed by atoms with Crippen LogP contribution in [0.1, 0.15) is 12.8 Å². The van der Waals surface area contributed by atoms with E-state index in [0.29, 0.717) is 24.1 Å². The summed E-state index contributed by atoms with van der Waals surface area (Å²) in [6, 6.07) is 6.84. The molecule has 4 nitrogen and oxygen atoms in total. The lowest BCUT2D eigenvalue weighted by molar-refractivity contribution is -0.138. The van der Waals surface area contributed by atoms with Gasteiger partial charge in [-0.2, -0.15) is 0 Å². The van der Waals surface area contributed by atoms with Crippen LogP contribution in [-0.2, 0) is 9.59 Å². The van der Waals surface area contributed by atoms with Gasteiger partial charge >= 0.3 is 0 Å². The van der Waals surface area contributed by atoms with E-state index < -0.39 is 12.0 Å². The van der Waals surface area contributed by atoms with Gasteiger partial charge in [0.2, 0.25) is 5.91 Å². The number of hydrogen-bond donors (Lipinski definition) is 1. The first-order valence-electron chi connectivity index (χ1n) is 5.01. The molecule has 1 aromatic rings. The van der Waals surface area contributed by atoms with E-state index in [1.165, 1.54) is 0 Å². The van der Waals surface area contributed by atoms with E-state index in [0.717, 1.165) is 0 Å². The average molecular weight is 215 g/mol. The number of amides is 2. The van der Waals surface area contributed by atoms with E-state index in [4.69, 9.17) is 12.6 Å². The largest absolute Gasteiger partial charge is 0.481 e. The number of carbonyl (C=O) groups is 2. The molecule has 2 amide bonds. The molecule has 80 valence electrons. The fourth-order valence-corrected chi connectivity index (χ4v) is 1.54. The van der Waals surface area contributed by atoms with Crippen molar-refractivity contribution in [1.82, 2.24) is 5.32 Å². The Morgan fingerprint density at radius 2 is 2.19 bits per heavy atom. The summed E-state index contributed by atoms with van der Waals surface area (Å²) in [4.78, 5) is 22.3. The second-order valence-corrected chi connectivity index (χ2v) is 3.63. The molecule has 0 bridgehead atoms. The summed E-state index contributed by atoms with van der Waals surface area (Å²) in [5, 5.41) is 2.23. The van der Waals surface area contributed by atoms with Crippen LogP contribution in [0.25, 0.3) is 0 Å². The van der Waals surface area contributed by atoms with E-state index in [1.54, 1.807) is 24.3 Å². The summed E-state index contributed by atoms with van der Waals surface area (Å²) in [5.41, 5.74) is 0.574. The first-order chi connectivity index (χ1) is 7.65. The molecule has 1 N–H and O–H groups in total. The topological polar surface area (TPSA) is 55.4 Å². The number of ether oxygens (including phenoxy) is 1. The van der Waals surface area contributed by atoms with Crippen LogP contribution in [-0.4, -0.2) is 25.8 Å². The van der Waals surface area contributed by atoms with Gasteiger partial charge in [-0.15, -0.1) is 0 Å². The van der Waals surface area contributed by atoms with Crippen LogP contribution in [0.4, 0.5) is 0 Å². The number of benzene rings is 1. The van der Waals surface area contributed by atoms with E-state index in [-0.39, 0.29) is 5.91 Å². The molecule has 0 spiro atoms. The Kier molecular flexibility index (Phi) is 2.94. The van der Waals surface area contributed by atoms with Crippen molar-refractivity contribution < 1.29 is 14.3 Å². The highest BCUT2D eigenvalue weighted by atomic mass is 16.5. The van der Waals surface area contributed by atoms with Crippen LogP contribution in [0.3, 0.4) is 0 Å². The summed E-state index contributed by atoms with van der Waals surface area (Å²) < 4.78 is 5.45. The van der Waals surface area contributed by atoms with Crippen molar-refractivity contribution in [3.63, 3.8) is 0 Å². The summed E-state index contributed by atoms with van der Waals surface area (Å²) in [6.45, 7) is 0. The van der Waals surface area contributed by atoms with Gasteiger partial charge in [-0.25, -0.2) is 0 Å². The van der Waals surface area contributed by atoms with Gasteiger partial charge in [0.15, 0.2) is 6.10 Å². The van der Waals surface area contributed by atoms with Gasteiger partial charge in [0.05, 0.1) is 0 Å². The fourth-order valence-electron chi connectivity index (χ4n) is 1.54. The second-order valence-electron chi connectivity index (χ2n) is 3.63. The fraction of sp³-hybridized carbons (Fsp3) is 0.273. The van der Waals surface area contributed by atoms with Crippen molar-refractivity contribution in [3.8, 4) is 5.75 Å². The highest BCUT2D eigenvalue weighted by Crippen LogP contribution is 2.14. The molecule has 1 unspecified atom stereocenters. The number of hydrogen-bond acceptors (Lipinski definition) is 3. The van der Waals surface area contributed by atoms with Crippen LogP contribution in [0, 0.1) is 0 Å². The number of piperidine rings is 1. The number of nitrogens with one attached hydrogen (secondary N) is 1. The maximum absolute atomic E-state index is 11.4. The monoisotopic (exact) mass is 215 g/mol. The molecule has 0 aromatic heterocycles. The maximum Gasteiger partial charge on any atom is 0.267 e. The van der Waals surface area contributed by atoms with Crippen LogP contribution in [0.15, 0.2) is 24.3 Å². The van der Waals surface area contributed by atoms with Crippen LogP contribution >= 0.6 is 0 Å². The third-order valence-corrected chi connectivity index (χ3v) is 2.33. The van der Waals surface area contributed by atoms with Crippen molar-refractivity contribution in [2.24, 2.45) is 0 Å². The van der Waals surface area contributed by atoms with Gasteiger partial charge in [-0.1, -0.05) is 17.6 Å². The summed E-state index contributed by atoms with van der Waals surface area (Å²) >= 11 is 0. The van der Waals surface area contributed by atoms with E-state index >= 15 is 0 Å². The molecule has 2 radical (unpaired) electrons. The Labute approximate surface area is 94.4 Å². The SMILES string of the molecule is [B]c1cccc(OC2CCC(=O)NC2=O)c1. The predicted molar refractivity (Wildman–Crippen MR) is 58.6 cm³/mol. The standard InChI is InChI=1S/C11H10BNO3/c12-7-2-1-3-8(6-7)16-9-4-5-10(14)13-11(9)15/h1-3,6,9H,4-5H2,(H,13,14,15). The Balaban J connectivity index is 2.05. The second kappa shape index (κ2) is 4.39. The van der Waals surface area contributed by atoms with Crippen LogP contribution in [0.2, 0.25) is 0 Å². The quantitative estimate of drug-likeness (QED) is 0.542. The average Bonchev–Trinajstić information content (AvgIpc) is 2.22. The molecule has 0 aliphatic carbocycles.